The highest BCUT2D eigenvalue weighted by molar-refractivity contribution is 6.38. The number of hydrogen-bond donors (Lipinski definition) is 3. The van der Waals surface area contributed by atoms with E-state index in [9.17, 15) is 33.6 Å². The minimum atomic E-state index is -1.26. The van der Waals surface area contributed by atoms with Crippen LogP contribution in [0.2, 0.25) is 0 Å². The van der Waals surface area contributed by atoms with E-state index in [0.29, 0.717) is 12.8 Å². The number of alkyl carbamates (subject to hydrolysis) is 1. The third-order valence-electron chi connectivity index (χ3n) is 8.60. The van der Waals surface area contributed by atoms with Crippen molar-refractivity contribution < 1.29 is 43.0 Å². The maximum atomic E-state index is 14.0. The Hall–Kier alpha value is -4.29. The smallest absolute Gasteiger partial charge is 0.408 e. The molecule has 1 aromatic carbocycles. The number of likely N-dealkylation sites (tertiary alicyclic amines) is 1. The van der Waals surface area contributed by atoms with Crippen molar-refractivity contribution in [3.63, 3.8) is 0 Å². The molecule has 2 fully saturated rings. The Morgan fingerprint density at radius 2 is 1.59 bits per heavy atom. The second-order valence-electron chi connectivity index (χ2n) is 14.5. The molecule has 3 N–H and O–H groups in total. The van der Waals surface area contributed by atoms with E-state index in [1.54, 1.807) is 79.7 Å². The van der Waals surface area contributed by atoms with E-state index in [4.69, 9.17) is 9.47 Å². The van der Waals surface area contributed by atoms with Crippen LogP contribution >= 0.6 is 0 Å². The van der Waals surface area contributed by atoms with E-state index in [0.717, 1.165) is 5.56 Å². The minimum Gasteiger partial charge on any atom is -0.458 e. The average Bonchev–Trinajstić information content (AvgIpc) is 3.57. The maximum Gasteiger partial charge on any atom is 0.408 e. The number of fused-ring (bicyclic) bond motifs is 1. The first kappa shape index (κ1) is 39.2. The van der Waals surface area contributed by atoms with Crippen LogP contribution in [0.3, 0.4) is 0 Å². The van der Waals surface area contributed by atoms with E-state index in [1.807, 2.05) is 6.07 Å². The highest BCUT2D eigenvalue weighted by atomic mass is 16.6. The fourth-order valence-electron chi connectivity index (χ4n) is 6.35. The molecular formula is C36H52N4O9. The molecule has 1 aromatic rings. The van der Waals surface area contributed by atoms with Crippen LogP contribution in [0.15, 0.2) is 30.3 Å². The fourth-order valence-corrected chi connectivity index (χ4v) is 6.35. The highest BCUT2D eigenvalue weighted by Crippen LogP contribution is 2.41. The summed E-state index contributed by atoms with van der Waals surface area (Å²) in [6.07, 6.45) is 0.0529. The maximum absolute atomic E-state index is 14.0. The standard InChI is InChI=1S/C36H52N4O9/c1-9-13-25(30(42)32(44)38-26(34(46)49-36(6,7)8)18-22-14-11-10-12-15-22)37-31(43)29-23-16-17-27(41)24(23)19-40(29)33(45)28(20(2)3)39-35(47)48-21(4)5/h10-12,14-15,20-21,23-26,28-29H,9,13,16-19H2,1-8H3,(H,37,43)(H,38,44)(H,39,47)/t23-,24-,25?,26-,28-,29-/m0/s1. The Labute approximate surface area is 288 Å². The molecular weight excluding hydrogens is 632 g/mol. The first-order chi connectivity index (χ1) is 22.9. The zero-order valence-corrected chi connectivity index (χ0v) is 29.9. The molecule has 6 atom stereocenters. The molecule has 13 nitrogen and oxygen atoms in total. The normalized spacial score (nSPS) is 20.7. The van der Waals surface area contributed by atoms with Gasteiger partial charge in [0.05, 0.1) is 12.1 Å². The van der Waals surface area contributed by atoms with Gasteiger partial charge in [0.2, 0.25) is 17.6 Å². The van der Waals surface area contributed by atoms with E-state index >= 15 is 0 Å². The molecule has 49 heavy (non-hydrogen) atoms. The molecule has 4 amide bonds. The van der Waals surface area contributed by atoms with Gasteiger partial charge in [-0.1, -0.05) is 57.5 Å². The number of benzene rings is 1. The van der Waals surface area contributed by atoms with E-state index in [-0.39, 0.29) is 37.5 Å². The van der Waals surface area contributed by atoms with Gasteiger partial charge >= 0.3 is 12.1 Å². The third kappa shape index (κ3) is 10.6. The molecule has 270 valence electrons. The highest BCUT2D eigenvalue weighted by Gasteiger charge is 2.54. The lowest BCUT2D eigenvalue weighted by Crippen LogP contribution is -2.59. The number of carbonyl (C=O) groups is 7. The van der Waals surface area contributed by atoms with Gasteiger partial charge in [-0.05, 0) is 58.9 Å². The molecule has 13 heteroatoms. The van der Waals surface area contributed by atoms with Crippen molar-refractivity contribution in [2.45, 2.75) is 123 Å². The summed E-state index contributed by atoms with van der Waals surface area (Å²) in [4.78, 5) is 94.6. The lowest BCUT2D eigenvalue weighted by atomic mass is 9.92. The molecule has 0 spiro atoms. The molecule has 0 aromatic heterocycles. The van der Waals surface area contributed by atoms with Gasteiger partial charge in [0.1, 0.15) is 29.5 Å². The number of Topliss-reactive ketones (excluding diaryl/α,β-unsaturated/α-hetero) is 2. The molecule has 1 aliphatic heterocycles. The Morgan fingerprint density at radius 1 is 0.939 bits per heavy atom. The van der Waals surface area contributed by atoms with Crippen LogP contribution in [0.25, 0.3) is 0 Å². The van der Waals surface area contributed by atoms with Crippen LogP contribution in [0, 0.1) is 17.8 Å². The van der Waals surface area contributed by atoms with Crippen molar-refractivity contribution in [1.82, 2.24) is 20.9 Å². The summed E-state index contributed by atoms with van der Waals surface area (Å²) < 4.78 is 10.7. The van der Waals surface area contributed by atoms with Crippen LogP contribution in [0.5, 0.6) is 0 Å². The van der Waals surface area contributed by atoms with Crippen molar-refractivity contribution in [2.24, 2.45) is 17.8 Å². The van der Waals surface area contributed by atoms with Crippen LogP contribution in [-0.4, -0.2) is 88.7 Å². The summed E-state index contributed by atoms with van der Waals surface area (Å²) in [5, 5.41) is 7.82. The van der Waals surface area contributed by atoms with E-state index in [2.05, 4.69) is 16.0 Å². The minimum absolute atomic E-state index is 0.00548. The predicted octanol–water partition coefficient (Wildman–Crippen LogP) is 2.87. The number of nitrogens with one attached hydrogen (secondary N) is 3. The Morgan fingerprint density at radius 3 is 2.16 bits per heavy atom. The predicted molar refractivity (Wildman–Crippen MR) is 180 cm³/mol. The van der Waals surface area contributed by atoms with Crippen LogP contribution < -0.4 is 16.0 Å². The first-order valence-corrected chi connectivity index (χ1v) is 17.2. The second kappa shape index (κ2) is 16.9. The second-order valence-corrected chi connectivity index (χ2v) is 14.5. The topological polar surface area (TPSA) is 177 Å². The molecule has 0 bridgehead atoms. The lowest BCUT2D eigenvalue weighted by molar-refractivity contribution is -0.159. The Kier molecular flexibility index (Phi) is 13.5. The monoisotopic (exact) mass is 684 g/mol. The number of amides is 4. The molecule has 1 saturated carbocycles. The van der Waals surface area contributed by atoms with Crippen LogP contribution in [0.1, 0.15) is 86.6 Å². The van der Waals surface area contributed by atoms with Gasteiger partial charge in [-0.3, -0.25) is 24.0 Å². The number of hydrogen-bond acceptors (Lipinski definition) is 9. The number of ketones is 2. The number of ether oxygens (including phenoxy) is 2. The number of rotatable bonds is 14. The molecule has 1 heterocycles. The van der Waals surface area contributed by atoms with Gasteiger partial charge in [0.25, 0.3) is 5.91 Å². The molecule has 1 unspecified atom stereocenters. The lowest BCUT2D eigenvalue weighted by Gasteiger charge is -2.32. The summed E-state index contributed by atoms with van der Waals surface area (Å²) >= 11 is 0. The van der Waals surface area contributed by atoms with E-state index < -0.39 is 83.3 Å². The third-order valence-corrected chi connectivity index (χ3v) is 8.60. The van der Waals surface area contributed by atoms with Crippen LogP contribution in [-0.2, 0) is 44.7 Å². The van der Waals surface area contributed by atoms with Gasteiger partial charge < -0.3 is 30.3 Å². The summed E-state index contributed by atoms with van der Waals surface area (Å²) in [6.45, 7) is 13.7. The fraction of sp³-hybridized carbons (Fsp3) is 0.639. The van der Waals surface area contributed by atoms with E-state index in [1.165, 1.54) is 4.90 Å². The Balaban J connectivity index is 1.83. The molecule has 3 rings (SSSR count). The first-order valence-electron chi connectivity index (χ1n) is 17.2. The van der Waals surface area contributed by atoms with Crippen molar-refractivity contribution in [2.75, 3.05) is 6.54 Å². The average molecular weight is 685 g/mol. The number of nitrogens with zero attached hydrogens (tertiary/aromatic N) is 1. The van der Waals surface area contributed by atoms with Crippen molar-refractivity contribution in [3.8, 4) is 0 Å². The zero-order valence-electron chi connectivity index (χ0n) is 29.9. The molecule has 1 aliphatic carbocycles. The summed E-state index contributed by atoms with van der Waals surface area (Å²) in [5.41, 5.74) is -0.106. The molecule has 1 saturated heterocycles. The van der Waals surface area contributed by atoms with Crippen molar-refractivity contribution in [1.29, 1.82) is 0 Å². The van der Waals surface area contributed by atoms with Gasteiger partial charge in [0.15, 0.2) is 0 Å². The summed E-state index contributed by atoms with van der Waals surface area (Å²) in [6, 6.07) is 4.39. The quantitative estimate of drug-likeness (QED) is 0.196. The molecule has 0 radical (unpaired) electrons. The Bertz CT molecular complexity index is 1390. The largest absolute Gasteiger partial charge is 0.458 e. The van der Waals surface area contributed by atoms with Crippen molar-refractivity contribution in [3.05, 3.63) is 35.9 Å². The molecule has 2 aliphatic rings. The van der Waals surface area contributed by atoms with Crippen LogP contribution in [0.4, 0.5) is 4.79 Å². The number of carbonyl (C=O) groups excluding carboxylic acids is 7. The van der Waals surface area contributed by atoms with Gasteiger partial charge in [-0.25, -0.2) is 9.59 Å². The van der Waals surface area contributed by atoms with Gasteiger partial charge in [0, 0.05) is 31.2 Å². The van der Waals surface area contributed by atoms with Gasteiger partial charge in [-0.2, -0.15) is 0 Å². The number of esters is 1. The van der Waals surface area contributed by atoms with Gasteiger partial charge in [-0.15, -0.1) is 0 Å². The zero-order chi connectivity index (χ0) is 36.6. The van der Waals surface area contributed by atoms with Crippen molar-refractivity contribution >= 4 is 41.4 Å². The SMILES string of the molecule is CCCC(NC(=O)[C@@H]1[C@H]2CCC(=O)[C@H]2CN1C(=O)[C@@H](NC(=O)OC(C)C)C(C)C)C(=O)C(=O)N[C@@H](Cc1ccccc1)C(=O)OC(C)(C)C. The summed E-state index contributed by atoms with van der Waals surface area (Å²) in [5.74, 6) is -5.43. The summed E-state index contributed by atoms with van der Waals surface area (Å²) in [7, 11) is 0.